The molecule has 23 heavy (non-hydrogen) atoms. The minimum absolute atomic E-state index is 0.0940. The fourth-order valence-corrected chi connectivity index (χ4v) is 2.37. The van der Waals surface area contributed by atoms with Gasteiger partial charge in [0.2, 0.25) is 0 Å². The van der Waals surface area contributed by atoms with Crippen molar-refractivity contribution in [2.45, 2.75) is 19.8 Å². The van der Waals surface area contributed by atoms with Gasteiger partial charge < -0.3 is 9.84 Å². The maximum absolute atomic E-state index is 12.2. The second-order valence-corrected chi connectivity index (χ2v) is 5.94. The van der Waals surface area contributed by atoms with Crippen LogP contribution in [0.2, 0.25) is 5.02 Å². The summed E-state index contributed by atoms with van der Waals surface area (Å²) in [6.07, 6.45) is 3.12. The summed E-state index contributed by atoms with van der Waals surface area (Å²) in [6, 6.07) is 10.8. The number of hydrogen-bond donors (Lipinski definition) is 1. The summed E-state index contributed by atoms with van der Waals surface area (Å²) < 4.78 is 5.04. The number of carbonyl (C=O) groups excluding carboxylic acids is 1. The molecule has 0 radical (unpaired) electrons. The van der Waals surface area contributed by atoms with Crippen LogP contribution < -0.4 is 4.74 Å². The van der Waals surface area contributed by atoms with Crippen molar-refractivity contribution >= 4 is 23.5 Å². The number of hydrogen-bond acceptors (Lipinski definition) is 3. The number of allylic oxidation sites excluding steroid dienone is 1. The lowest BCUT2D eigenvalue weighted by Gasteiger charge is -2.06. The smallest absolute Gasteiger partial charge is 0.185 e. The molecule has 2 aromatic carbocycles. The second kappa shape index (κ2) is 7.34. The van der Waals surface area contributed by atoms with Crippen molar-refractivity contribution in [2.24, 2.45) is 0 Å². The molecule has 1 N–H and O–H groups in total. The Balaban J connectivity index is 2.19. The van der Waals surface area contributed by atoms with Crippen LogP contribution in [0.5, 0.6) is 11.5 Å². The number of benzene rings is 2. The minimum atomic E-state index is -0.109. The summed E-state index contributed by atoms with van der Waals surface area (Å²) in [7, 11) is 1.44. The first-order valence-electron chi connectivity index (χ1n) is 7.31. The number of aromatic hydroxyl groups is 1. The lowest BCUT2D eigenvalue weighted by molar-refractivity contribution is 0.104. The van der Waals surface area contributed by atoms with Crippen LogP contribution in [0.15, 0.2) is 42.5 Å². The van der Waals surface area contributed by atoms with E-state index in [4.69, 9.17) is 16.3 Å². The van der Waals surface area contributed by atoms with E-state index in [1.165, 1.54) is 18.7 Å². The highest BCUT2D eigenvalue weighted by molar-refractivity contribution is 6.32. The van der Waals surface area contributed by atoms with Crippen molar-refractivity contribution in [1.29, 1.82) is 0 Å². The van der Waals surface area contributed by atoms with Crippen molar-refractivity contribution < 1.29 is 14.6 Å². The maximum Gasteiger partial charge on any atom is 0.185 e. The van der Waals surface area contributed by atoms with Gasteiger partial charge in [0.05, 0.1) is 12.1 Å². The van der Waals surface area contributed by atoms with Crippen LogP contribution in [0.3, 0.4) is 0 Å². The largest absolute Gasteiger partial charge is 0.503 e. The zero-order valence-corrected chi connectivity index (χ0v) is 14.1. The fourth-order valence-electron chi connectivity index (χ4n) is 2.15. The Morgan fingerprint density at radius 1 is 1.22 bits per heavy atom. The van der Waals surface area contributed by atoms with E-state index in [-0.39, 0.29) is 22.3 Å². The van der Waals surface area contributed by atoms with Crippen molar-refractivity contribution in [2.75, 3.05) is 7.11 Å². The molecule has 0 atom stereocenters. The Hall–Kier alpha value is -2.26. The zero-order valence-electron chi connectivity index (χ0n) is 13.3. The van der Waals surface area contributed by atoms with E-state index in [1.807, 2.05) is 24.3 Å². The summed E-state index contributed by atoms with van der Waals surface area (Å²) in [5.41, 5.74) is 2.50. The van der Waals surface area contributed by atoms with E-state index in [9.17, 15) is 9.90 Å². The van der Waals surface area contributed by atoms with Crippen LogP contribution in [0.25, 0.3) is 6.08 Å². The number of methoxy groups -OCH3 is 1. The number of carbonyl (C=O) groups is 1. The predicted molar refractivity (Wildman–Crippen MR) is 93.6 cm³/mol. The average molecular weight is 331 g/mol. The minimum Gasteiger partial charge on any atom is -0.503 e. The van der Waals surface area contributed by atoms with Crippen LogP contribution >= 0.6 is 11.6 Å². The molecule has 0 spiro atoms. The lowest BCUT2D eigenvalue weighted by Crippen LogP contribution is -1.95. The quantitative estimate of drug-likeness (QED) is 0.614. The molecular formula is C19H19ClO3. The predicted octanol–water partition coefficient (Wildman–Crippen LogP) is 5.07. The van der Waals surface area contributed by atoms with Gasteiger partial charge in [0.15, 0.2) is 17.3 Å². The number of phenols is 1. The Morgan fingerprint density at radius 3 is 2.43 bits per heavy atom. The molecule has 0 aliphatic carbocycles. The van der Waals surface area contributed by atoms with Gasteiger partial charge in [0.25, 0.3) is 0 Å². The van der Waals surface area contributed by atoms with Crippen LogP contribution in [0.1, 0.15) is 41.3 Å². The lowest BCUT2D eigenvalue weighted by atomic mass is 10.0. The Morgan fingerprint density at radius 2 is 1.87 bits per heavy atom. The van der Waals surface area contributed by atoms with E-state index < -0.39 is 0 Å². The van der Waals surface area contributed by atoms with Gasteiger partial charge in [-0.15, -0.1) is 0 Å². The van der Waals surface area contributed by atoms with Crippen molar-refractivity contribution in [3.63, 3.8) is 0 Å². The molecule has 0 fully saturated rings. The first-order chi connectivity index (χ1) is 10.9. The molecule has 3 nitrogen and oxygen atoms in total. The molecule has 0 aromatic heterocycles. The molecule has 0 aliphatic heterocycles. The average Bonchev–Trinajstić information content (AvgIpc) is 2.55. The number of halogens is 1. The second-order valence-electron chi connectivity index (χ2n) is 5.53. The molecular weight excluding hydrogens is 312 g/mol. The molecule has 0 bridgehead atoms. The molecule has 0 aliphatic rings. The van der Waals surface area contributed by atoms with Gasteiger partial charge in [-0.1, -0.05) is 55.8 Å². The van der Waals surface area contributed by atoms with Gasteiger partial charge in [-0.3, -0.25) is 4.79 Å². The van der Waals surface area contributed by atoms with Crippen molar-refractivity contribution in [3.8, 4) is 11.5 Å². The summed E-state index contributed by atoms with van der Waals surface area (Å²) in [5.74, 6) is 0.498. The van der Waals surface area contributed by atoms with E-state index in [0.29, 0.717) is 17.0 Å². The molecule has 2 aromatic rings. The number of rotatable bonds is 5. The summed E-state index contributed by atoms with van der Waals surface area (Å²) >= 11 is 5.93. The van der Waals surface area contributed by atoms with Crippen LogP contribution in [-0.2, 0) is 0 Å². The normalized spacial score (nSPS) is 11.2. The highest BCUT2D eigenvalue weighted by Gasteiger charge is 2.08. The van der Waals surface area contributed by atoms with E-state index in [2.05, 4.69) is 13.8 Å². The van der Waals surface area contributed by atoms with E-state index in [1.54, 1.807) is 18.2 Å². The molecule has 0 amide bonds. The highest BCUT2D eigenvalue weighted by atomic mass is 35.5. The molecule has 120 valence electrons. The molecule has 2 rings (SSSR count). The van der Waals surface area contributed by atoms with Gasteiger partial charge in [-0.2, -0.15) is 0 Å². The molecule has 0 saturated carbocycles. The summed E-state index contributed by atoms with van der Waals surface area (Å²) in [6.45, 7) is 4.22. The monoisotopic (exact) mass is 330 g/mol. The third kappa shape index (κ3) is 4.14. The summed E-state index contributed by atoms with van der Waals surface area (Å²) in [5, 5.41) is 9.88. The van der Waals surface area contributed by atoms with E-state index in [0.717, 1.165) is 0 Å². The Labute approximate surface area is 141 Å². The molecule has 4 heteroatoms. The van der Waals surface area contributed by atoms with Gasteiger partial charge in [-0.05, 0) is 35.3 Å². The van der Waals surface area contributed by atoms with Crippen molar-refractivity contribution in [1.82, 2.24) is 0 Å². The number of ketones is 1. The fraction of sp³-hybridized carbons (Fsp3) is 0.211. The third-order valence-corrected chi connectivity index (χ3v) is 3.85. The topological polar surface area (TPSA) is 46.5 Å². The number of ether oxygens (including phenoxy) is 1. The standard InChI is InChI=1S/C19H19ClO3/c1-12(2)14-5-7-15(8-6-14)17(21)9-4-13-10-16(20)19(22)18(11-13)23-3/h4-12,22H,1-3H3/b9-4+. The van der Waals surface area contributed by atoms with Crippen LogP contribution in [0, 0.1) is 0 Å². The van der Waals surface area contributed by atoms with E-state index >= 15 is 0 Å². The van der Waals surface area contributed by atoms with Gasteiger partial charge in [0.1, 0.15) is 0 Å². The Kier molecular flexibility index (Phi) is 5.45. The van der Waals surface area contributed by atoms with Crippen molar-refractivity contribution in [3.05, 3.63) is 64.2 Å². The molecule has 0 unspecified atom stereocenters. The highest BCUT2D eigenvalue weighted by Crippen LogP contribution is 2.35. The van der Waals surface area contributed by atoms with Gasteiger partial charge >= 0.3 is 0 Å². The Bertz CT molecular complexity index is 731. The SMILES string of the molecule is COc1cc(/C=C/C(=O)c2ccc(C(C)C)cc2)cc(Cl)c1O. The zero-order chi connectivity index (χ0) is 17.0. The van der Waals surface area contributed by atoms with Gasteiger partial charge in [0, 0.05) is 5.56 Å². The van der Waals surface area contributed by atoms with Gasteiger partial charge in [-0.25, -0.2) is 0 Å². The first-order valence-corrected chi connectivity index (χ1v) is 7.69. The molecule has 0 heterocycles. The third-order valence-electron chi connectivity index (χ3n) is 3.56. The number of phenolic OH excluding ortho intramolecular Hbond substituents is 1. The maximum atomic E-state index is 12.2. The first kappa shape index (κ1) is 17.1. The summed E-state index contributed by atoms with van der Waals surface area (Å²) in [4.78, 5) is 12.2. The van der Waals surface area contributed by atoms with Crippen LogP contribution in [-0.4, -0.2) is 18.0 Å². The van der Waals surface area contributed by atoms with Crippen LogP contribution in [0.4, 0.5) is 0 Å². The molecule has 0 saturated heterocycles.